The molecule has 6 nitrogen and oxygen atoms in total. The molecule has 2 rings (SSSR count). The van der Waals surface area contributed by atoms with Crippen LogP contribution in [0.3, 0.4) is 0 Å². The first kappa shape index (κ1) is 13.8. The maximum absolute atomic E-state index is 5.89. The van der Waals surface area contributed by atoms with Crippen molar-refractivity contribution < 1.29 is 9.73 Å². The summed E-state index contributed by atoms with van der Waals surface area (Å²) < 4.78 is 5.09. The van der Waals surface area contributed by atoms with Gasteiger partial charge in [0.05, 0.1) is 24.2 Å². The summed E-state index contributed by atoms with van der Waals surface area (Å²) in [4.78, 5) is 11.5. The van der Waals surface area contributed by atoms with Crippen LogP contribution in [0.4, 0.5) is 11.6 Å². The molecule has 0 aliphatic carbocycles. The number of nitrogens with one attached hydrogen (secondary N) is 2. The molecule has 0 saturated carbocycles. The fourth-order valence-electron chi connectivity index (χ4n) is 1.76. The Morgan fingerprint density at radius 3 is 2.30 bits per heavy atom. The lowest BCUT2D eigenvalue weighted by Gasteiger charge is -2.03. The zero-order valence-electron chi connectivity index (χ0n) is 11.8. The van der Waals surface area contributed by atoms with Gasteiger partial charge in [0.1, 0.15) is 5.75 Å². The Labute approximate surface area is 117 Å². The van der Waals surface area contributed by atoms with Crippen molar-refractivity contribution in [2.75, 3.05) is 12.4 Å². The van der Waals surface area contributed by atoms with E-state index in [4.69, 9.17) is 10.5 Å². The van der Waals surface area contributed by atoms with E-state index in [-0.39, 0.29) is 0 Å². The molecule has 0 amide bonds. The number of aromatic nitrogens is 2. The van der Waals surface area contributed by atoms with E-state index in [1.54, 1.807) is 7.11 Å². The quantitative estimate of drug-likeness (QED) is 0.550. The Bertz CT molecular complexity index is 602. The van der Waals surface area contributed by atoms with Crippen molar-refractivity contribution in [3.8, 4) is 5.75 Å². The number of hydrogen-bond acceptors (Lipinski definition) is 3. The van der Waals surface area contributed by atoms with Crippen LogP contribution in [0.15, 0.2) is 30.3 Å². The summed E-state index contributed by atoms with van der Waals surface area (Å²) in [7, 11) is 1.63. The Balaban J connectivity index is 2.13. The molecule has 0 unspecified atom stereocenters. The summed E-state index contributed by atoms with van der Waals surface area (Å²) in [6.45, 7) is 3.82. The third kappa shape index (κ3) is 3.68. The number of aryl methyl sites for hydroxylation is 2. The molecule has 0 aliphatic rings. The molecule has 104 valence electrons. The highest BCUT2D eigenvalue weighted by Gasteiger charge is 2.05. The molecule has 2 aromatic rings. The van der Waals surface area contributed by atoms with Gasteiger partial charge in [-0.15, -0.1) is 9.97 Å². The van der Waals surface area contributed by atoms with Crippen LogP contribution in [0.2, 0.25) is 0 Å². The molecule has 0 bridgehead atoms. The lowest BCUT2D eigenvalue weighted by molar-refractivity contribution is -0.365. The first-order valence-electron chi connectivity index (χ1n) is 6.19. The van der Waals surface area contributed by atoms with Crippen LogP contribution in [0.25, 0.3) is 0 Å². The van der Waals surface area contributed by atoms with Gasteiger partial charge in [-0.25, -0.2) is 4.99 Å². The van der Waals surface area contributed by atoms with Crippen molar-refractivity contribution in [1.29, 1.82) is 0 Å². The van der Waals surface area contributed by atoms with Crippen molar-refractivity contribution in [2.45, 2.75) is 13.8 Å². The Morgan fingerprint density at radius 1 is 1.15 bits per heavy atom. The van der Waals surface area contributed by atoms with Crippen LogP contribution in [0.1, 0.15) is 11.4 Å². The molecule has 4 N–H and O–H groups in total. The summed E-state index contributed by atoms with van der Waals surface area (Å²) in [5, 5.41) is 3.03. The number of rotatable bonds is 3. The van der Waals surface area contributed by atoms with Crippen molar-refractivity contribution in [3.05, 3.63) is 41.7 Å². The first-order chi connectivity index (χ1) is 9.56. The molecule has 20 heavy (non-hydrogen) atoms. The number of nitrogens with two attached hydrogens (primary N) is 1. The average Bonchev–Trinajstić information content (AvgIpc) is 2.38. The van der Waals surface area contributed by atoms with E-state index in [1.807, 2.05) is 44.2 Å². The summed E-state index contributed by atoms with van der Waals surface area (Å²) in [5.41, 5.74) is 8.51. The summed E-state index contributed by atoms with van der Waals surface area (Å²) in [6, 6.07) is 9.34. The van der Waals surface area contributed by atoms with Gasteiger partial charge in [-0.2, -0.15) is 0 Å². The number of benzene rings is 1. The molecule has 1 aromatic heterocycles. The van der Waals surface area contributed by atoms with Crippen molar-refractivity contribution in [1.82, 2.24) is 9.97 Å². The van der Waals surface area contributed by atoms with E-state index in [1.165, 1.54) is 0 Å². The summed E-state index contributed by atoms with van der Waals surface area (Å²) in [6.07, 6.45) is 0. The Morgan fingerprint density at radius 2 is 1.75 bits per heavy atom. The number of guanidine groups is 1. The fraction of sp³-hybridized carbons (Fsp3) is 0.214. The Kier molecular flexibility index (Phi) is 4.14. The third-order valence-electron chi connectivity index (χ3n) is 2.60. The molecule has 6 heteroatoms. The zero-order chi connectivity index (χ0) is 14.5. The van der Waals surface area contributed by atoms with E-state index in [2.05, 4.69) is 20.3 Å². The number of anilines is 1. The summed E-state index contributed by atoms with van der Waals surface area (Å²) >= 11 is 0. The third-order valence-corrected chi connectivity index (χ3v) is 2.60. The van der Waals surface area contributed by atoms with Gasteiger partial charge in [0.2, 0.25) is 0 Å². The Hall–Kier alpha value is -2.63. The lowest BCUT2D eigenvalue weighted by atomic mass is 10.3. The van der Waals surface area contributed by atoms with Crippen molar-refractivity contribution >= 4 is 17.6 Å². The number of hydrogen-bond donors (Lipinski definition) is 3. The predicted octanol–water partition coefficient (Wildman–Crippen LogP) is 0.241. The largest absolute Gasteiger partial charge is 0.497 e. The molecule has 0 radical (unpaired) electrons. The smallest absolute Gasteiger partial charge is 0.354 e. The second kappa shape index (κ2) is 6.01. The average molecular weight is 272 g/mol. The van der Waals surface area contributed by atoms with Gasteiger partial charge in [-0.3, -0.25) is 5.32 Å². The number of nitrogens with zero attached hydrogens (tertiary/aromatic N) is 2. The number of methoxy groups -OCH3 is 1. The minimum absolute atomic E-state index is 0.361. The van der Waals surface area contributed by atoms with Gasteiger partial charge in [0.15, 0.2) is 0 Å². The predicted molar refractivity (Wildman–Crippen MR) is 77.9 cm³/mol. The van der Waals surface area contributed by atoms with E-state index in [0.717, 1.165) is 22.8 Å². The normalized spacial score (nSPS) is 11.2. The van der Waals surface area contributed by atoms with Gasteiger partial charge in [-0.05, 0) is 38.1 Å². The van der Waals surface area contributed by atoms with Crippen LogP contribution in [-0.2, 0) is 0 Å². The maximum Gasteiger partial charge on any atom is 0.354 e. The molecule has 0 saturated heterocycles. The molecule has 1 heterocycles. The lowest BCUT2D eigenvalue weighted by Crippen LogP contribution is -2.72. The van der Waals surface area contributed by atoms with Gasteiger partial charge < -0.3 is 10.5 Å². The zero-order valence-corrected chi connectivity index (χ0v) is 11.8. The van der Waals surface area contributed by atoms with Crippen molar-refractivity contribution in [3.63, 3.8) is 0 Å². The standard InChI is InChI=1S/C14H17N5O/c1-9-8-10(2)17-14(16-9)19-13(15)18-11-4-6-12(20-3)7-5-11/h4-8H,1-3H3,(H3,15,16,17,18,19)/p+1. The fourth-order valence-corrected chi connectivity index (χ4v) is 1.76. The van der Waals surface area contributed by atoms with Crippen LogP contribution < -0.4 is 20.8 Å². The molecule has 0 spiro atoms. The van der Waals surface area contributed by atoms with Gasteiger partial charge in [0, 0.05) is 6.07 Å². The highest BCUT2D eigenvalue weighted by molar-refractivity contribution is 5.88. The van der Waals surface area contributed by atoms with Crippen molar-refractivity contribution in [2.24, 2.45) is 5.73 Å². The topological polar surface area (TPSA) is 87.0 Å². The van der Waals surface area contributed by atoms with Crippen LogP contribution >= 0.6 is 0 Å². The molecule has 1 aromatic carbocycles. The van der Waals surface area contributed by atoms with Crippen LogP contribution in [0.5, 0.6) is 5.75 Å². The monoisotopic (exact) mass is 272 g/mol. The minimum Gasteiger partial charge on any atom is -0.497 e. The first-order valence-corrected chi connectivity index (χ1v) is 6.19. The number of ether oxygens (including phenoxy) is 1. The highest BCUT2D eigenvalue weighted by atomic mass is 16.5. The molecular weight excluding hydrogens is 254 g/mol. The molecule has 0 aliphatic heterocycles. The molecular formula is C14H18N5O+. The second-order valence-electron chi connectivity index (χ2n) is 4.37. The van der Waals surface area contributed by atoms with Gasteiger partial charge >= 0.3 is 5.95 Å². The van der Waals surface area contributed by atoms with E-state index < -0.39 is 0 Å². The van der Waals surface area contributed by atoms with Crippen LogP contribution in [-0.4, -0.2) is 23.0 Å². The van der Waals surface area contributed by atoms with Gasteiger partial charge in [0.25, 0.3) is 5.96 Å². The molecule has 0 atom stereocenters. The van der Waals surface area contributed by atoms with E-state index >= 15 is 0 Å². The summed E-state index contributed by atoms with van der Waals surface area (Å²) in [5.74, 6) is 1.63. The van der Waals surface area contributed by atoms with E-state index in [9.17, 15) is 0 Å². The van der Waals surface area contributed by atoms with Crippen LogP contribution in [0, 0.1) is 13.8 Å². The van der Waals surface area contributed by atoms with E-state index in [0.29, 0.717) is 11.9 Å². The maximum atomic E-state index is 5.89. The second-order valence-corrected chi connectivity index (χ2v) is 4.37. The minimum atomic E-state index is 0.361. The SMILES string of the molecule is COc1ccc(NC(N)=[NH+]c2nc(C)cc(C)n2)cc1. The van der Waals surface area contributed by atoms with Gasteiger partial charge in [-0.1, -0.05) is 0 Å². The highest BCUT2D eigenvalue weighted by Crippen LogP contribution is 2.14. The molecule has 0 fully saturated rings.